The van der Waals surface area contributed by atoms with Gasteiger partial charge in [0.2, 0.25) is 11.7 Å². The van der Waals surface area contributed by atoms with Gasteiger partial charge in [-0.3, -0.25) is 4.79 Å². The third-order valence-corrected chi connectivity index (χ3v) is 6.92. The molecule has 4 aromatic rings. The predicted octanol–water partition coefficient (Wildman–Crippen LogP) is 6.10. The summed E-state index contributed by atoms with van der Waals surface area (Å²) in [5, 5.41) is 10.3. The molecule has 1 saturated carbocycles. The van der Waals surface area contributed by atoms with Crippen LogP contribution in [0.3, 0.4) is 0 Å². The fourth-order valence-electron chi connectivity index (χ4n) is 4.96. The molecular weight excluding hydrogens is 426 g/mol. The van der Waals surface area contributed by atoms with Crippen molar-refractivity contribution in [2.24, 2.45) is 5.92 Å². The SMILES string of the molecule is COC(=O)C1CCC(Nc2ccc(C)c(-c3noc(C(C)c4cccc5ccccc45)n3)c2)C1. The number of methoxy groups -OCH3 is 1. The Labute approximate surface area is 199 Å². The van der Waals surface area contributed by atoms with Crippen molar-refractivity contribution in [3.05, 3.63) is 77.7 Å². The topological polar surface area (TPSA) is 77.2 Å². The van der Waals surface area contributed by atoms with Gasteiger partial charge in [-0.05, 0) is 67.1 Å². The Morgan fingerprint density at radius 1 is 1.12 bits per heavy atom. The largest absolute Gasteiger partial charge is 0.469 e. The molecule has 3 atom stereocenters. The van der Waals surface area contributed by atoms with Gasteiger partial charge in [0.05, 0.1) is 18.9 Å². The van der Waals surface area contributed by atoms with Crippen LogP contribution in [-0.2, 0) is 9.53 Å². The van der Waals surface area contributed by atoms with Gasteiger partial charge in [-0.1, -0.05) is 53.7 Å². The number of nitrogens with one attached hydrogen (secondary N) is 1. The van der Waals surface area contributed by atoms with Crippen molar-refractivity contribution in [2.75, 3.05) is 12.4 Å². The van der Waals surface area contributed by atoms with Gasteiger partial charge < -0.3 is 14.6 Å². The number of nitrogens with zero attached hydrogens (tertiary/aromatic N) is 2. The smallest absolute Gasteiger partial charge is 0.308 e. The van der Waals surface area contributed by atoms with E-state index in [0.29, 0.717) is 11.7 Å². The maximum absolute atomic E-state index is 11.9. The number of hydrogen-bond acceptors (Lipinski definition) is 6. The molecule has 1 fully saturated rings. The first-order chi connectivity index (χ1) is 16.5. The van der Waals surface area contributed by atoms with Crippen LogP contribution in [0.1, 0.15) is 49.1 Å². The van der Waals surface area contributed by atoms with Crippen molar-refractivity contribution in [1.29, 1.82) is 0 Å². The summed E-state index contributed by atoms with van der Waals surface area (Å²) in [4.78, 5) is 16.6. The first-order valence-corrected chi connectivity index (χ1v) is 11.8. The van der Waals surface area contributed by atoms with E-state index < -0.39 is 0 Å². The van der Waals surface area contributed by atoms with Crippen molar-refractivity contribution in [3.63, 3.8) is 0 Å². The summed E-state index contributed by atoms with van der Waals surface area (Å²) in [6, 6.07) is 21.1. The van der Waals surface area contributed by atoms with E-state index in [2.05, 4.69) is 72.0 Å². The van der Waals surface area contributed by atoms with Crippen LogP contribution in [0.25, 0.3) is 22.2 Å². The molecule has 1 aromatic heterocycles. The normalized spacial score (nSPS) is 18.7. The molecule has 0 spiro atoms. The molecule has 1 aliphatic rings. The van der Waals surface area contributed by atoms with Crippen LogP contribution in [0.2, 0.25) is 0 Å². The van der Waals surface area contributed by atoms with Gasteiger partial charge in [0.25, 0.3) is 0 Å². The number of hydrogen-bond donors (Lipinski definition) is 1. The van der Waals surface area contributed by atoms with E-state index in [-0.39, 0.29) is 23.8 Å². The van der Waals surface area contributed by atoms with E-state index in [0.717, 1.165) is 36.1 Å². The number of ether oxygens (including phenoxy) is 1. The maximum Gasteiger partial charge on any atom is 0.308 e. The highest BCUT2D eigenvalue weighted by molar-refractivity contribution is 5.86. The Hall–Kier alpha value is -3.67. The summed E-state index contributed by atoms with van der Waals surface area (Å²) in [5.41, 5.74) is 4.17. The van der Waals surface area contributed by atoms with Crippen LogP contribution >= 0.6 is 0 Å². The molecule has 0 aliphatic heterocycles. The van der Waals surface area contributed by atoms with Crippen LogP contribution in [0, 0.1) is 12.8 Å². The van der Waals surface area contributed by atoms with Crippen LogP contribution in [0.5, 0.6) is 0 Å². The molecule has 0 bridgehead atoms. The summed E-state index contributed by atoms with van der Waals surface area (Å²) in [6.45, 7) is 4.15. The quantitative estimate of drug-likeness (QED) is 0.354. The molecule has 1 aliphatic carbocycles. The summed E-state index contributed by atoms with van der Waals surface area (Å²) >= 11 is 0. The third kappa shape index (κ3) is 4.28. The number of benzene rings is 3. The lowest BCUT2D eigenvalue weighted by molar-refractivity contribution is -0.145. The highest BCUT2D eigenvalue weighted by atomic mass is 16.5. The third-order valence-electron chi connectivity index (χ3n) is 6.92. The zero-order valence-corrected chi connectivity index (χ0v) is 19.7. The lowest BCUT2D eigenvalue weighted by Gasteiger charge is -2.15. The molecule has 1 N–H and O–H groups in total. The molecule has 34 heavy (non-hydrogen) atoms. The molecule has 174 valence electrons. The average molecular weight is 456 g/mol. The van der Waals surface area contributed by atoms with Crippen molar-refractivity contribution in [1.82, 2.24) is 10.1 Å². The number of carbonyl (C=O) groups excluding carboxylic acids is 1. The lowest BCUT2D eigenvalue weighted by Crippen LogP contribution is -2.18. The minimum absolute atomic E-state index is 0.0252. The van der Waals surface area contributed by atoms with E-state index in [1.165, 1.54) is 23.4 Å². The molecule has 3 aromatic carbocycles. The lowest BCUT2D eigenvalue weighted by atomic mass is 9.95. The van der Waals surface area contributed by atoms with Crippen LogP contribution in [0.15, 0.2) is 65.2 Å². The second-order valence-electron chi connectivity index (χ2n) is 9.15. The van der Waals surface area contributed by atoms with Crippen LogP contribution in [-0.4, -0.2) is 29.3 Å². The highest BCUT2D eigenvalue weighted by Gasteiger charge is 2.30. The summed E-state index contributed by atoms with van der Waals surface area (Å²) in [5.74, 6) is 1.02. The standard InChI is InChI=1S/C28H29N3O3/c1-17-11-13-22(29-21-14-12-20(15-21)28(32)33-3)16-25(17)26-30-27(34-31-26)18(2)23-10-6-8-19-7-4-5-9-24(19)23/h4-11,13,16,18,20-21,29H,12,14-15H2,1-3H3. The fourth-order valence-corrected chi connectivity index (χ4v) is 4.96. The number of aromatic nitrogens is 2. The van der Waals surface area contributed by atoms with Gasteiger partial charge in [0.15, 0.2) is 0 Å². The molecule has 0 amide bonds. The predicted molar refractivity (Wildman–Crippen MR) is 133 cm³/mol. The molecule has 1 heterocycles. The van der Waals surface area contributed by atoms with E-state index >= 15 is 0 Å². The Morgan fingerprint density at radius 3 is 2.79 bits per heavy atom. The van der Waals surface area contributed by atoms with Crippen molar-refractivity contribution in [2.45, 2.75) is 45.1 Å². The molecular formula is C28H29N3O3. The van der Waals surface area contributed by atoms with Gasteiger partial charge in [-0.15, -0.1) is 0 Å². The molecule has 6 nitrogen and oxygen atoms in total. The van der Waals surface area contributed by atoms with E-state index in [1.54, 1.807) is 0 Å². The molecule has 5 rings (SSSR count). The molecule has 6 heteroatoms. The number of aryl methyl sites for hydroxylation is 1. The summed E-state index contributed by atoms with van der Waals surface area (Å²) < 4.78 is 10.6. The first-order valence-electron chi connectivity index (χ1n) is 11.8. The van der Waals surface area contributed by atoms with Crippen LogP contribution in [0.4, 0.5) is 5.69 Å². The van der Waals surface area contributed by atoms with Gasteiger partial charge in [0, 0.05) is 17.3 Å². The number of anilines is 1. The summed E-state index contributed by atoms with van der Waals surface area (Å²) in [6.07, 6.45) is 2.58. The minimum atomic E-state index is -0.117. The van der Waals surface area contributed by atoms with Gasteiger partial charge in [-0.25, -0.2) is 0 Å². The average Bonchev–Trinajstić information content (AvgIpc) is 3.54. The van der Waals surface area contributed by atoms with Crippen molar-refractivity contribution < 1.29 is 14.1 Å². The highest BCUT2D eigenvalue weighted by Crippen LogP contribution is 2.33. The van der Waals surface area contributed by atoms with Gasteiger partial charge in [-0.2, -0.15) is 4.98 Å². The molecule has 3 unspecified atom stereocenters. The van der Waals surface area contributed by atoms with E-state index in [1.807, 2.05) is 13.0 Å². The number of fused-ring (bicyclic) bond motifs is 1. The van der Waals surface area contributed by atoms with Gasteiger partial charge in [0.1, 0.15) is 0 Å². The summed E-state index contributed by atoms with van der Waals surface area (Å²) in [7, 11) is 1.45. The Kier molecular flexibility index (Phi) is 6.05. The number of carbonyl (C=O) groups is 1. The Morgan fingerprint density at radius 2 is 1.94 bits per heavy atom. The van der Waals surface area contributed by atoms with Crippen molar-refractivity contribution >= 4 is 22.4 Å². The van der Waals surface area contributed by atoms with E-state index in [4.69, 9.17) is 14.2 Å². The first kappa shape index (κ1) is 22.1. The number of esters is 1. The zero-order chi connectivity index (χ0) is 23.7. The molecule has 0 radical (unpaired) electrons. The minimum Gasteiger partial charge on any atom is -0.469 e. The Balaban J connectivity index is 1.37. The second kappa shape index (κ2) is 9.29. The molecule has 0 saturated heterocycles. The van der Waals surface area contributed by atoms with Gasteiger partial charge >= 0.3 is 5.97 Å². The monoisotopic (exact) mass is 455 g/mol. The van der Waals surface area contributed by atoms with E-state index in [9.17, 15) is 4.79 Å². The van der Waals surface area contributed by atoms with Crippen LogP contribution < -0.4 is 5.32 Å². The zero-order valence-electron chi connectivity index (χ0n) is 19.7. The van der Waals surface area contributed by atoms with Crippen molar-refractivity contribution in [3.8, 4) is 11.4 Å². The maximum atomic E-state index is 11.9. The number of rotatable bonds is 6. The Bertz CT molecular complexity index is 1320. The second-order valence-corrected chi connectivity index (χ2v) is 9.15. The fraction of sp³-hybridized carbons (Fsp3) is 0.321.